The number of hydrogen-bond acceptors (Lipinski definition) is 15. The summed E-state index contributed by atoms with van der Waals surface area (Å²) < 4.78 is 102. The first kappa shape index (κ1) is 56.7. The molecule has 0 unspecified atom stereocenters. The summed E-state index contributed by atoms with van der Waals surface area (Å²) in [6.45, 7) is 6.85. The van der Waals surface area contributed by atoms with Crippen molar-refractivity contribution in [3.05, 3.63) is 136 Å². The number of aliphatic hydroxyl groups is 1. The van der Waals surface area contributed by atoms with Gasteiger partial charge in [0.2, 0.25) is 17.6 Å². The number of aromatic nitrogens is 4. The number of halogens is 3. The molecule has 2 amide bonds. The Morgan fingerprint density at radius 1 is 0.899 bits per heavy atom. The van der Waals surface area contributed by atoms with Crippen LogP contribution < -0.4 is 14.8 Å². The molecular formula is C55H59F3N8O11S2. The molecule has 79 heavy (non-hydrogen) atoms. The zero-order valence-electron chi connectivity index (χ0n) is 43.5. The fraction of sp³-hybridized carbons (Fsp3) is 0.382. The molecule has 0 saturated carbocycles. The maximum absolute atomic E-state index is 15.7. The number of hydrogen-bond donors (Lipinski definition) is 4. The number of likely N-dealkylation sites (tertiary alicyclic amines) is 1. The lowest BCUT2D eigenvalue weighted by Gasteiger charge is -2.28. The number of anilines is 1. The first-order valence-corrected chi connectivity index (χ1v) is 28.0. The summed E-state index contributed by atoms with van der Waals surface area (Å²) in [4.78, 5) is 55.6. The topological polar surface area (TPSA) is 241 Å². The molecule has 24 heteroatoms. The summed E-state index contributed by atoms with van der Waals surface area (Å²) in [5.74, 6) is -4.31. The predicted octanol–water partition coefficient (Wildman–Crippen LogP) is 7.61. The number of aliphatic hydroxyl groups excluding tert-OH is 1. The molecule has 4 N–H and O–H groups in total. The molecule has 6 heterocycles. The molecule has 2 aliphatic rings. The van der Waals surface area contributed by atoms with Crippen molar-refractivity contribution in [2.45, 2.75) is 70.3 Å². The summed E-state index contributed by atoms with van der Waals surface area (Å²) in [5.41, 5.74) is 5.13. The lowest BCUT2D eigenvalue weighted by atomic mass is 9.99. The molecule has 19 nitrogen and oxygen atoms in total. The third-order valence-corrected chi connectivity index (χ3v) is 16.1. The zero-order valence-corrected chi connectivity index (χ0v) is 45.1. The van der Waals surface area contributed by atoms with Gasteiger partial charge in [0.15, 0.2) is 5.82 Å². The molecule has 2 fully saturated rings. The van der Waals surface area contributed by atoms with E-state index in [2.05, 4.69) is 25.4 Å². The first-order valence-electron chi connectivity index (χ1n) is 25.7. The number of benzene rings is 3. The van der Waals surface area contributed by atoms with Crippen LogP contribution in [-0.2, 0) is 34.0 Å². The molecule has 0 radical (unpaired) electrons. The average Bonchev–Trinajstić information content (AvgIpc) is 4.32. The highest BCUT2D eigenvalue weighted by molar-refractivity contribution is 7.90. The number of β-amino-alcohol motifs (C(OH)–C–C–N with tert-alkyl or cyclic N) is 1. The Balaban J connectivity index is 0.686. The minimum absolute atomic E-state index is 0.00427. The molecule has 2 aliphatic heterocycles. The van der Waals surface area contributed by atoms with E-state index in [0.717, 1.165) is 38.1 Å². The number of nitrogens with one attached hydrogen (secondary N) is 3. The third-order valence-electron chi connectivity index (χ3n) is 13.7. The Labute approximate surface area is 457 Å². The molecule has 3 aromatic carbocycles. The van der Waals surface area contributed by atoms with Crippen molar-refractivity contribution in [3.8, 4) is 27.3 Å². The number of nitrogens with zero attached hydrogens (tertiary/aromatic N) is 5. The molecule has 418 valence electrons. The average molecular weight is 1130 g/mol. The molecule has 5 atom stereocenters. The van der Waals surface area contributed by atoms with Gasteiger partial charge in [0, 0.05) is 67.6 Å². The van der Waals surface area contributed by atoms with Crippen molar-refractivity contribution in [1.29, 1.82) is 0 Å². The van der Waals surface area contributed by atoms with Gasteiger partial charge in [0.1, 0.15) is 47.7 Å². The molecule has 2 saturated heterocycles. The minimum atomic E-state index is -4.38. The Kier molecular flexibility index (Phi) is 18.2. The van der Waals surface area contributed by atoms with Crippen molar-refractivity contribution in [3.63, 3.8) is 0 Å². The van der Waals surface area contributed by atoms with Crippen LogP contribution in [0.5, 0.6) is 5.75 Å². The van der Waals surface area contributed by atoms with Crippen molar-refractivity contribution >= 4 is 55.9 Å². The fourth-order valence-electron chi connectivity index (χ4n) is 9.47. The Morgan fingerprint density at radius 2 is 1.61 bits per heavy atom. The first-order chi connectivity index (χ1) is 38.0. The number of rotatable bonds is 25. The highest BCUT2D eigenvalue weighted by Gasteiger charge is 2.43. The number of aromatic amines is 1. The van der Waals surface area contributed by atoms with E-state index in [9.17, 15) is 32.3 Å². The van der Waals surface area contributed by atoms with E-state index in [1.807, 2.05) is 48.3 Å². The SMILES string of the molecule is Cc1cc([C@@H](CCOCCOCCOCCOc2ccc(-c3cnc4[nH]cc(C(=O)c5c(F)ccc(NS(=O)(=O)N6CC[C@@H](F)C6)c5F)c4c3)cc2)C(=O)N2C[C@H](O)C[C@H]2C(=O)N[C@@H](C)c2ccc(-c3scnc3C)cc2)on1. The molecule has 0 bridgehead atoms. The fourth-order valence-corrected chi connectivity index (χ4v) is 11.6. The number of alkyl halides is 1. The lowest BCUT2D eigenvalue weighted by Crippen LogP contribution is -2.48. The van der Waals surface area contributed by atoms with Gasteiger partial charge < -0.3 is 43.8 Å². The zero-order chi connectivity index (χ0) is 55.8. The second-order valence-electron chi connectivity index (χ2n) is 19.2. The lowest BCUT2D eigenvalue weighted by molar-refractivity contribution is -0.140. The van der Waals surface area contributed by atoms with Crippen molar-refractivity contribution in [2.75, 3.05) is 70.6 Å². The Hall–Kier alpha value is -7.06. The van der Waals surface area contributed by atoms with Crippen LogP contribution in [0.2, 0.25) is 0 Å². The third kappa shape index (κ3) is 13.5. The van der Waals surface area contributed by atoms with Crippen LogP contribution in [0.25, 0.3) is 32.6 Å². The van der Waals surface area contributed by atoms with E-state index in [4.69, 9.17) is 23.5 Å². The van der Waals surface area contributed by atoms with Crippen molar-refractivity contribution in [2.24, 2.45) is 0 Å². The van der Waals surface area contributed by atoms with Crippen LogP contribution >= 0.6 is 11.3 Å². The molecule has 0 spiro atoms. The predicted molar refractivity (Wildman–Crippen MR) is 286 cm³/mol. The number of carbonyl (C=O) groups is 3. The number of H-pyrrole nitrogens is 1. The van der Waals surface area contributed by atoms with E-state index in [-0.39, 0.29) is 99.8 Å². The number of pyridine rings is 1. The van der Waals surface area contributed by atoms with Crippen LogP contribution in [0.1, 0.15) is 76.8 Å². The summed E-state index contributed by atoms with van der Waals surface area (Å²) in [6.07, 6.45) is 0.912. The summed E-state index contributed by atoms with van der Waals surface area (Å²) in [5, 5.41) is 18.0. The monoisotopic (exact) mass is 1130 g/mol. The second kappa shape index (κ2) is 25.4. The van der Waals surface area contributed by atoms with Gasteiger partial charge in [-0.15, -0.1) is 11.3 Å². The molecular weight excluding hydrogens is 1070 g/mol. The van der Waals surface area contributed by atoms with Gasteiger partial charge in [-0.2, -0.15) is 12.7 Å². The molecule has 7 aromatic rings. The smallest absolute Gasteiger partial charge is 0.301 e. The van der Waals surface area contributed by atoms with Crippen LogP contribution in [0, 0.1) is 25.5 Å². The Morgan fingerprint density at radius 3 is 2.28 bits per heavy atom. The number of thiazole rings is 1. The van der Waals surface area contributed by atoms with Gasteiger partial charge in [-0.3, -0.25) is 19.1 Å². The summed E-state index contributed by atoms with van der Waals surface area (Å²) >= 11 is 1.56. The Bertz CT molecular complexity index is 3380. The number of fused-ring (bicyclic) bond motifs is 1. The number of ether oxygens (including phenoxy) is 4. The number of carbonyl (C=O) groups excluding carboxylic acids is 3. The highest BCUT2D eigenvalue weighted by atomic mass is 32.2. The molecule has 9 rings (SSSR count). The van der Waals surface area contributed by atoms with Crippen LogP contribution in [-0.4, -0.2) is 145 Å². The standard InChI is InChI=1S/C55H59F3N8O11S2/c1-32-24-48(77-63-32)42(55(70)66-30-40(67)26-47(66)54(69)62-33(2)35-4-6-37(7-5-35)52-34(3)61-31-78-52)15-17-73-18-19-74-20-21-75-22-23-76-41-10-8-36(9-11-41)38-25-43-44(28-60-53(43)59-27-38)51(68)49-45(57)12-13-46(50(49)58)64-79(71,72)65-16-14-39(56)29-65/h4-13,24-25,27-28,31,33,39-40,42,47,64,67H,14-23,26,29-30H2,1-3H3,(H,59,60)(H,62,69)/t33-,39+,40+,42+,47-/m0/s1. The largest absolute Gasteiger partial charge is 0.491 e. The van der Waals surface area contributed by atoms with E-state index in [0.29, 0.717) is 41.5 Å². The minimum Gasteiger partial charge on any atom is -0.491 e. The van der Waals surface area contributed by atoms with Gasteiger partial charge >= 0.3 is 10.2 Å². The van der Waals surface area contributed by atoms with Gasteiger partial charge in [-0.1, -0.05) is 41.6 Å². The highest BCUT2D eigenvalue weighted by Crippen LogP contribution is 2.33. The van der Waals surface area contributed by atoms with Gasteiger partial charge in [0.05, 0.1) is 78.2 Å². The van der Waals surface area contributed by atoms with Gasteiger partial charge in [-0.05, 0) is 80.6 Å². The van der Waals surface area contributed by atoms with Crippen LogP contribution in [0.3, 0.4) is 0 Å². The number of ketones is 1. The second-order valence-corrected chi connectivity index (χ2v) is 21.7. The van der Waals surface area contributed by atoms with E-state index < -0.39 is 69.7 Å². The van der Waals surface area contributed by atoms with E-state index in [1.165, 1.54) is 11.1 Å². The normalized spacial score (nSPS) is 17.6. The maximum Gasteiger partial charge on any atom is 0.301 e. The number of amides is 2. The van der Waals surface area contributed by atoms with Crippen LogP contribution in [0.4, 0.5) is 18.9 Å². The number of aryl methyl sites for hydroxylation is 2. The quantitative estimate of drug-likeness (QED) is 0.0318. The molecule has 0 aliphatic carbocycles. The molecule has 4 aromatic heterocycles. The summed E-state index contributed by atoms with van der Waals surface area (Å²) in [6, 6.07) is 18.7. The maximum atomic E-state index is 15.7. The van der Waals surface area contributed by atoms with Crippen LogP contribution in [0.15, 0.2) is 95.2 Å². The van der Waals surface area contributed by atoms with Crippen molar-refractivity contribution in [1.82, 2.24) is 34.6 Å². The van der Waals surface area contributed by atoms with E-state index in [1.54, 1.807) is 60.9 Å². The summed E-state index contributed by atoms with van der Waals surface area (Å²) in [7, 11) is -4.38. The van der Waals surface area contributed by atoms with Crippen molar-refractivity contribution < 1.29 is 64.5 Å². The van der Waals surface area contributed by atoms with Gasteiger partial charge in [-0.25, -0.2) is 23.1 Å². The van der Waals surface area contributed by atoms with E-state index >= 15 is 8.78 Å². The van der Waals surface area contributed by atoms with Gasteiger partial charge in [0.25, 0.3) is 0 Å².